The van der Waals surface area contributed by atoms with E-state index in [2.05, 4.69) is 29.6 Å². The lowest BCUT2D eigenvalue weighted by molar-refractivity contribution is 0.0997. The summed E-state index contributed by atoms with van der Waals surface area (Å²) in [4.78, 5) is 0. The van der Waals surface area contributed by atoms with Crippen molar-refractivity contribution in [2.45, 2.75) is 44.8 Å². The van der Waals surface area contributed by atoms with Crippen LogP contribution < -0.4 is 5.32 Å². The number of halogens is 1. The van der Waals surface area contributed by atoms with Crippen molar-refractivity contribution in [2.24, 2.45) is 5.92 Å². The van der Waals surface area contributed by atoms with Crippen LogP contribution in [0.1, 0.15) is 37.7 Å². The molecule has 102 valence electrons. The fraction of sp³-hybridized carbons (Fsp3) is 0.600. The van der Waals surface area contributed by atoms with E-state index in [-0.39, 0.29) is 18.5 Å². The Morgan fingerprint density at radius 1 is 1.06 bits per heavy atom. The molecular formula is C15H24ClNO. The van der Waals surface area contributed by atoms with Crippen LogP contribution in [-0.2, 0) is 6.54 Å². The summed E-state index contributed by atoms with van der Waals surface area (Å²) in [6.07, 6.45) is 5.80. The number of hydrogen-bond acceptors (Lipinski definition) is 2. The van der Waals surface area contributed by atoms with Crippen molar-refractivity contribution < 1.29 is 5.11 Å². The Morgan fingerprint density at radius 2 is 1.78 bits per heavy atom. The molecule has 1 saturated carbocycles. The third-order valence-electron chi connectivity index (χ3n) is 3.70. The third-order valence-corrected chi connectivity index (χ3v) is 3.70. The molecule has 0 unspecified atom stereocenters. The highest BCUT2D eigenvalue weighted by Gasteiger charge is 2.20. The minimum atomic E-state index is -0.0965. The standard InChI is InChI=1S/C15H23NO.ClH/c17-15-10-6-2-5-9-14(15)12-16-11-13-7-3-1-4-8-13;/h1,3-4,7-8,14-17H,2,5-6,9-12H2;1H/t14-,15-;/m0./s1. The molecular weight excluding hydrogens is 246 g/mol. The van der Waals surface area contributed by atoms with E-state index < -0.39 is 0 Å². The molecule has 0 amide bonds. The number of aliphatic hydroxyl groups is 1. The van der Waals surface area contributed by atoms with Crippen LogP contribution >= 0.6 is 12.4 Å². The molecule has 18 heavy (non-hydrogen) atoms. The topological polar surface area (TPSA) is 32.3 Å². The summed E-state index contributed by atoms with van der Waals surface area (Å²) in [7, 11) is 0. The summed E-state index contributed by atoms with van der Waals surface area (Å²) in [5.41, 5.74) is 1.32. The number of hydrogen-bond donors (Lipinski definition) is 2. The molecule has 1 aliphatic carbocycles. The Hall–Kier alpha value is -0.570. The molecule has 2 rings (SSSR count). The fourth-order valence-electron chi connectivity index (χ4n) is 2.60. The first-order valence-electron chi connectivity index (χ1n) is 6.79. The van der Waals surface area contributed by atoms with Crippen LogP contribution in [0.3, 0.4) is 0 Å². The van der Waals surface area contributed by atoms with Crippen LogP contribution in [0.2, 0.25) is 0 Å². The molecule has 2 nitrogen and oxygen atoms in total. The second-order valence-corrected chi connectivity index (χ2v) is 5.08. The molecule has 0 saturated heterocycles. The van der Waals surface area contributed by atoms with Crippen LogP contribution in [0.4, 0.5) is 0 Å². The van der Waals surface area contributed by atoms with E-state index in [9.17, 15) is 5.11 Å². The zero-order valence-corrected chi connectivity index (χ0v) is 11.7. The minimum Gasteiger partial charge on any atom is -0.393 e. The molecule has 0 aromatic heterocycles. The molecule has 0 spiro atoms. The van der Waals surface area contributed by atoms with Gasteiger partial charge in [0.2, 0.25) is 0 Å². The van der Waals surface area contributed by atoms with Crippen molar-refractivity contribution in [1.82, 2.24) is 5.32 Å². The van der Waals surface area contributed by atoms with Crippen LogP contribution in [-0.4, -0.2) is 17.8 Å². The van der Waals surface area contributed by atoms with Gasteiger partial charge in [0.1, 0.15) is 0 Å². The van der Waals surface area contributed by atoms with Crippen LogP contribution in [0.25, 0.3) is 0 Å². The van der Waals surface area contributed by atoms with Gasteiger partial charge in [-0.05, 0) is 24.3 Å². The Morgan fingerprint density at radius 3 is 2.56 bits per heavy atom. The highest BCUT2D eigenvalue weighted by molar-refractivity contribution is 5.85. The quantitative estimate of drug-likeness (QED) is 0.823. The smallest absolute Gasteiger partial charge is 0.0580 e. The SMILES string of the molecule is Cl.O[C@H]1CCCCC[C@H]1CNCc1ccccc1. The van der Waals surface area contributed by atoms with Gasteiger partial charge in [-0.2, -0.15) is 0 Å². The van der Waals surface area contributed by atoms with Gasteiger partial charge < -0.3 is 10.4 Å². The molecule has 2 N–H and O–H groups in total. The van der Waals surface area contributed by atoms with Gasteiger partial charge in [-0.3, -0.25) is 0 Å². The van der Waals surface area contributed by atoms with Crippen molar-refractivity contribution >= 4 is 12.4 Å². The second kappa shape index (κ2) is 8.52. The molecule has 0 heterocycles. The fourth-order valence-corrected chi connectivity index (χ4v) is 2.60. The van der Waals surface area contributed by atoms with E-state index in [1.807, 2.05) is 6.07 Å². The first-order chi connectivity index (χ1) is 8.36. The first kappa shape index (κ1) is 15.5. The third kappa shape index (κ3) is 4.97. The molecule has 0 bridgehead atoms. The average molecular weight is 270 g/mol. The summed E-state index contributed by atoms with van der Waals surface area (Å²) in [6, 6.07) is 10.4. The molecule has 0 radical (unpaired) electrons. The number of rotatable bonds is 4. The zero-order valence-electron chi connectivity index (χ0n) is 10.8. The summed E-state index contributed by atoms with van der Waals surface area (Å²) in [5, 5.41) is 13.5. The molecule has 3 heteroatoms. The minimum absolute atomic E-state index is 0. The lowest BCUT2D eigenvalue weighted by atomic mass is 9.97. The van der Waals surface area contributed by atoms with Gasteiger partial charge in [0, 0.05) is 13.1 Å². The van der Waals surface area contributed by atoms with E-state index in [0.717, 1.165) is 19.5 Å². The van der Waals surface area contributed by atoms with Crippen molar-refractivity contribution in [2.75, 3.05) is 6.54 Å². The Kier molecular flexibility index (Phi) is 7.33. The van der Waals surface area contributed by atoms with E-state index in [1.54, 1.807) is 0 Å². The van der Waals surface area contributed by atoms with Crippen molar-refractivity contribution in [1.29, 1.82) is 0 Å². The molecule has 1 aromatic rings. The van der Waals surface area contributed by atoms with Gasteiger partial charge in [-0.25, -0.2) is 0 Å². The van der Waals surface area contributed by atoms with Crippen LogP contribution in [0.15, 0.2) is 30.3 Å². The number of nitrogens with one attached hydrogen (secondary N) is 1. The predicted octanol–water partition coefficient (Wildman–Crippen LogP) is 3.14. The maximum Gasteiger partial charge on any atom is 0.0580 e. The number of aliphatic hydroxyl groups excluding tert-OH is 1. The van der Waals surface area contributed by atoms with Gasteiger partial charge in [0.05, 0.1) is 6.10 Å². The molecule has 0 aliphatic heterocycles. The second-order valence-electron chi connectivity index (χ2n) is 5.08. The molecule has 2 atom stereocenters. The summed E-state index contributed by atoms with van der Waals surface area (Å²) < 4.78 is 0. The van der Waals surface area contributed by atoms with Crippen molar-refractivity contribution in [3.8, 4) is 0 Å². The summed E-state index contributed by atoms with van der Waals surface area (Å²) >= 11 is 0. The van der Waals surface area contributed by atoms with Gasteiger partial charge in [0.15, 0.2) is 0 Å². The zero-order chi connectivity index (χ0) is 11.9. The highest BCUT2D eigenvalue weighted by atomic mass is 35.5. The van der Waals surface area contributed by atoms with E-state index in [4.69, 9.17) is 0 Å². The molecule has 1 aromatic carbocycles. The highest BCUT2D eigenvalue weighted by Crippen LogP contribution is 2.22. The number of benzene rings is 1. The largest absolute Gasteiger partial charge is 0.393 e. The lowest BCUT2D eigenvalue weighted by Crippen LogP contribution is -2.30. The Labute approximate surface area is 116 Å². The van der Waals surface area contributed by atoms with Crippen LogP contribution in [0, 0.1) is 5.92 Å². The monoisotopic (exact) mass is 269 g/mol. The van der Waals surface area contributed by atoms with Crippen molar-refractivity contribution in [3.05, 3.63) is 35.9 Å². The van der Waals surface area contributed by atoms with Gasteiger partial charge in [-0.15, -0.1) is 12.4 Å². The van der Waals surface area contributed by atoms with Gasteiger partial charge >= 0.3 is 0 Å². The normalized spacial score (nSPS) is 24.1. The maximum atomic E-state index is 10.0. The molecule has 1 aliphatic rings. The summed E-state index contributed by atoms with van der Waals surface area (Å²) in [5.74, 6) is 0.446. The predicted molar refractivity (Wildman–Crippen MR) is 78.0 cm³/mol. The molecule has 1 fully saturated rings. The van der Waals surface area contributed by atoms with Gasteiger partial charge in [-0.1, -0.05) is 49.6 Å². The lowest BCUT2D eigenvalue weighted by Gasteiger charge is -2.20. The van der Waals surface area contributed by atoms with Crippen molar-refractivity contribution in [3.63, 3.8) is 0 Å². The average Bonchev–Trinajstić information content (AvgIpc) is 2.56. The van der Waals surface area contributed by atoms with E-state index in [1.165, 1.54) is 31.2 Å². The van der Waals surface area contributed by atoms with Crippen LogP contribution in [0.5, 0.6) is 0 Å². The van der Waals surface area contributed by atoms with E-state index >= 15 is 0 Å². The van der Waals surface area contributed by atoms with Gasteiger partial charge in [0.25, 0.3) is 0 Å². The first-order valence-corrected chi connectivity index (χ1v) is 6.79. The Balaban J connectivity index is 0.00000162. The van der Waals surface area contributed by atoms with E-state index in [0.29, 0.717) is 5.92 Å². The maximum absolute atomic E-state index is 10.0. The Bertz CT molecular complexity index is 318. The summed E-state index contributed by atoms with van der Waals surface area (Å²) in [6.45, 7) is 1.85.